The Hall–Kier alpha value is -0.930. The van der Waals surface area contributed by atoms with Crippen molar-refractivity contribution in [2.75, 3.05) is 26.2 Å². The van der Waals surface area contributed by atoms with E-state index in [4.69, 9.17) is 0 Å². The molecule has 0 amide bonds. The van der Waals surface area contributed by atoms with Crippen LogP contribution in [0.4, 0.5) is 0 Å². The first-order valence-corrected chi connectivity index (χ1v) is 7.90. The molecule has 0 spiro atoms. The number of pyridine rings is 1. The molecule has 2 rings (SSSR count). The predicted molar refractivity (Wildman–Crippen MR) is 84.9 cm³/mol. The van der Waals surface area contributed by atoms with Crippen LogP contribution in [-0.2, 0) is 6.42 Å². The molecule has 3 heteroatoms. The van der Waals surface area contributed by atoms with Crippen LogP contribution >= 0.6 is 0 Å². The van der Waals surface area contributed by atoms with E-state index in [9.17, 15) is 0 Å². The lowest BCUT2D eigenvalue weighted by Gasteiger charge is -2.34. The van der Waals surface area contributed by atoms with Crippen LogP contribution in [0.1, 0.15) is 39.3 Å². The molecule has 2 heterocycles. The Labute approximate surface area is 123 Å². The van der Waals surface area contributed by atoms with Gasteiger partial charge in [0.25, 0.3) is 0 Å². The van der Waals surface area contributed by atoms with Gasteiger partial charge in [-0.1, -0.05) is 6.07 Å². The normalized spacial score (nSPS) is 21.1. The topological polar surface area (TPSA) is 28.2 Å². The van der Waals surface area contributed by atoms with E-state index in [-0.39, 0.29) is 5.54 Å². The highest BCUT2D eigenvalue weighted by atomic mass is 15.1. The highest BCUT2D eigenvalue weighted by molar-refractivity contribution is 5.03. The van der Waals surface area contributed by atoms with Gasteiger partial charge >= 0.3 is 0 Å². The fraction of sp³-hybridized carbons (Fsp3) is 0.706. The third-order valence-electron chi connectivity index (χ3n) is 3.93. The molecule has 1 aromatic heterocycles. The van der Waals surface area contributed by atoms with Crippen LogP contribution in [0.15, 0.2) is 24.4 Å². The molecule has 0 bridgehead atoms. The van der Waals surface area contributed by atoms with Crippen molar-refractivity contribution in [3.8, 4) is 0 Å². The third kappa shape index (κ3) is 5.59. The summed E-state index contributed by atoms with van der Waals surface area (Å²) in [6.45, 7) is 11.5. The number of likely N-dealkylation sites (tertiary alicyclic amines) is 1. The van der Waals surface area contributed by atoms with Crippen molar-refractivity contribution < 1.29 is 0 Å². The van der Waals surface area contributed by atoms with Crippen molar-refractivity contribution in [3.63, 3.8) is 0 Å². The van der Waals surface area contributed by atoms with E-state index in [0.717, 1.165) is 25.4 Å². The molecule has 1 aliphatic rings. The van der Waals surface area contributed by atoms with Crippen LogP contribution in [0.2, 0.25) is 0 Å². The van der Waals surface area contributed by atoms with Crippen molar-refractivity contribution in [3.05, 3.63) is 30.1 Å². The molecule has 1 N–H and O–H groups in total. The molecule has 0 aliphatic carbocycles. The first-order valence-electron chi connectivity index (χ1n) is 7.90. The molecule has 1 aliphatic heterocycles. The van der Waals surface area contributed by atoms with Gasteiger partial charge in [-0.25, -0.2) is 0 Å². The zero-order valence-electron chi connectivity index (χ0n) is 13.2. The summed E-state index contributed by atoms with van der Waals surface area (Å²) in [6.07, 6.45) is 5.66. The van der Waals surface area contributed by atoms with Crippen molar-refractivity contribution >= 4 is 0 Å². The maximum atomic E-state index is 4.41. The fourth-order valence-corrected chi connectivity index (χ4v) is 2.79. The van der Waals surface area contributed by atoms with Gasteiger partial charge in [0.2, 0.25) is 0 Å². The van der Waals surface area contributed by atoms with Crippen LogP contribution in [0, 0.1) is 5.92 Å². The molecule has 0 radical (unpaired) electrons. The number of rotatable bonds is 5. The molecule has 1 fully saturated rings. The first kappa shape index (κ1) is 15.5. The van der Waals surface area contributed by atoms with Gasteiger partial charge in [-0.2, -0.15) is 0 Å². The summed E-state index contributed by atoms with van der Waals surface area (Å²) in [5.74, 6) is 0.798. The first-order chi connectivity index (χ1) is 9.53. The number of aromatic nitrogens is 1. The zero-order valence-corrected chi connectivity index (χ0v) is 13.2. The van der Waals surface area contributed by atoms with E-state index < -0.39 is 0 Å². The van der Waals surface area contributed by atoms with Crippen molar-refractivity contribution in [2.45, 2.75) is 45.6 Å². The van der Waals surface area contributed by atoms with Gasteiger partial charge in [-0.15, -0.1) is 0 Å². The average molecular weight is 275 g/mol. The van der Waals surface area contributed by atoms with E-state index in [0.29, 0.717) is 0 Å². The lowest BCUT2D eigenvalue weighted by molar-refractivity contribution is 0.167. The smallest absolute Gasteiger partial charge is 0.0416 e. The zero-order chi connectivity index (χ0) is 14.4. The molecule has 1 unspecified atom stereocenters. The van der Waals surface area contributed by atoms with Crippen LogP contribution in [0.25, 0.3) is 0 Å². The summed E-state index contributed by atoms with van der Waals surface area (Å²) in [6, 6.07) is 6.19. The Morgan fingerprint density at radius 3 is 2.90 bits per heavy atom. The number of hydrogen-bond acceptors (Lipinski definition) is 3. The highest BCUT2D eigenvalue weighted by Crippen LogP contribution is 2.17. The van der Waals surface area contributed by atoms with E-state index in [1.165, 1.54) is 31.6 Å². The van der Waals surface area contributed by atoms with Crippen LogP contribution in [0.5, 0.6) is 0 Å². The summed E-state index contributed by atoms with van der Waals surface area (Å²) in [5.41, 5.74) is 1.44. The number of nitrogens with zero attached hydrogens (tertiary/aromatic N) is 2. The molecular formula is C17H29N3. The average Bonchev–Trinajstić information content (AvgIpc) is 2.44. The van der Waals surface area contributed by atoms with E-state index in [2.05, 4.69) is 48.1 Å². The van der Waals surface area contributed by atoms with Gasteiger partial charge < -0.3 is 10.2 Å². The molecule has 3 nitrogen and oxygen atoms in total. The van der Waals surface area contributed by atoms with Gasteiger partial charge in [0.05, 0.1) is 0 Å². The SMILES string of the molecule is CC(C)(C)NCC1CCCN(CCc2ccccn2)C1. The van der Waals surface area contributed by atoms with Gasteiger partial charge in [0, 0.05) is 36.9 Å². The Morgan fingerprint density at radius 2 is 2.20 bits per heavy atom. The fourth-order valence-electron chi connectivity index (χ4n) is 2.79. The Balaban J connectivity index is 1.73. The largest absolute Gasteiger partial charge is 0.312 e. The summed E-state index contributed by atoms with van der Waals surface area (Å²) < 4.78 is 0. The molecule has 112 valence electrons. The minimum Gasteiger partial charge on any atom is -0.312 e. The highest BCUT2D eigenvalue weighted by Gasteiger charge is 2.21. The van der Waals surface area contributed by atoms with Crippen LogP contribution in [-0.4, -0.2) is 41.6 Å². The van der Waals surface area contributed by atoms with Crippen molar-refractivity contribution in [1.29, 1.82) is 0 Å². The monoisotopic (exact) mass is 275 g/mol. The standard InChI is InChI=1S/C17H29N3/c1-17(2,3)19-13-15-7-6-11-20(14-15)12-9-16-8-4-5-10-18-16/h4-5,8,10,15,19H,6-7,9,11-14H2,1-3H3. The summed E-state index contributed by atoms with van der Waals surface area (Å²) in [4.78, 5) is 7.02. The van der Waals surface area contributed by atoms with Crippen LogP contribution < -0.4 is 5.32 Å². The number of hydrogen-bond donors (Lipinski definition) is 1. The maximum absolute atomic E-state index is 4.41. The minimum atomic E-state index is 0.232. The summed E-state index contributed by atoms with van der Waals surface area (Å²) in [5, 5.41) is 3.65. The molecule has 1 saturated heterocycles. The Kier molecular flexibility index (Phi) is 5.55. The molecule has 20 heavy (non-hydrogen) atoms. The molecular weight excluding hydrogens is 246 g/mol. The Bertz CT molecular complexity index is 383. The molecule has 0 saturated carbocycles. The third-order valence-corrected chi connectivity index (χ3v) is 3.93. The van der Waals surface area contributed by atoms with Gasteiger partial charge in [0.15, 0.2) is 0 Å². The predicted octanol–water partition coefficient (Wildman–Crippen LogP) is 2.72. The van der Waals surface area contributed by atoms with Gasteiger partial charge in [-0.3, -0.25) is 4.98 Å². The second kappa shape index (κ2) is 7.19. The Morgan fingerprint density at radius 1 is 1.35 bits per heavy atom. The summed E-state index contributed by atoms with van der Waals surface area (Å²) >= 11 is 0. The van der Waals surface area contributed by atoms with E-state index >= 15 is 0 Å². The number of piperidine rings is 1. The van der Waals surface area contributed by atoms with Gasteiger partial charge in [-0.05, 0) is 64.8 Å². The lowest BCUT2D eigenvalue weighted by Crippen LogP contribution is -2.45. The minimum absolute atomic E-state index is 0.232. The van der Waals surface area contributed by atoms with Crippen molar-refractivity contribution in [1.82, 2.24) is 15.2 Å². The molecule has 1 aromatic rings. The van der Waals surface area contributed by atoms with E-state index in [1.54, 1.807) is 0 Å². The molecule has 0 aromatic carbocycles. The second-order valence-electron chi connectivity index (χ2n) is 7.01. The van der Waals surface area contributed by atoms with Crippen LogP contribution in [0.3, 0.4) is 0 Å². The summed E-state index contributed by atoms with van der Waals surface area (Å²) in [7, 11) is 0. The van der Waals surface area contributed by atoms with Crippen molar-refractivity contribution in [2.24, 2.45) is 5.92 Å². The molecule has 1 atom stereocenters. The maximum Gasteiger partial charge on any atom is 0.0416 e. The lowest BCUT2D eigenvalue weighted by atomic mass is 9.96. The van der Waals surface area contributed by atoms with Gasteiger partial charge in [0.1, 0.15) is 0 Å². The quantitative estimate of drug-likeness (QED) is 0.895. The number of nitrogens with one attached hydrogen (secondary N) is 1. The van der Waals surface area contributed by atoms with E-state index in [1.807, 2.05) is 12.3 Å². The second-order valence-corrected chi connectivity index (χ2v) is 7.01.